The van der Waals surface area contributed by atoms with Crippen molar-refractivity contribution in [2.45, 2.75) is 90.1 Å². The van der Waals surface area contributed by atoms with Gasteiger partial charge in [-0.1, -0.05) is 102 Å². The fourth-order valence-corrected chi connectivity index (χ4v) is 4.06. The molecule has 0 aliphatic heterocycles. The maximum atomic E-state index is 11.8. The molecule has 0 spiro atoms. The molecule has 0 heterocycles. The van der Waals surface area contributed by atoms with E-state index in [1.54, 1.807) is 6.08 Å². The SMILES string of the molecule is CCCCCCCCOC1(CCCCC)C=CC(C(=O)O)=C(c2ccccc2)C1. The molecule has 1 aromatic rings. The molecule has 29 heavy (non-hydrogen) atoms. The molecule has 1 aliphatic rings. The fraction of sp³-hybridized carbons (Fsp3) is 0.577. The van der Waals surface area contributed by atoms with E-state index in [2.05, 4.69) is 13.8 Å². The lowest BCUT2D eigenvalue weighted by Crippen LogP contribution is -2.34. The summed E-state index contributed by atoms with van der Waals surface area (Å²) in [6.45, 7) is 5.19. The molecule has 1 aromatic carbocycles. The van der Waals surface area contributed by atoms with Crippen molar-refractivity contribution in [3.63, 3.8) is 0 Å². The first-order valence-electron chi connectivity index (χ1n) is 11.5. The zero-order valence-corrected chi connectivity index (χ0v) is 18.3. The minimum absolute atomic E-state index is 0.386. The Kier molecular flexibility index (Phi) is 10.2. The second-order valence-electron chi connectivity index (χ2n) is 8.21. The molecule has 0 amide bonds. The maximum absolute atomic E-state index is 11.8. The third kappa shape index (κ3) is 7.47. The molecule has 0 bridgehead atoms. The molecule has 1 N–H and O–H groups in total. The van der Waals surface area contributed by atoms with Gasteiger partial charge in [-0.3, -0.25) is 0 Å². The lowest BCUT2D eigenvalue weighted by molar-refractivity contribution is -0.132. The van der Waals surface area contributed by atoms with E-state index in [4.69, 9.17) is 4.74 Å². The number of hydrogen-bond acceptors (Lipinski definition) is 2. The zero-order valence-electron chi connectivity index (χ0n) is 18.3. The number of unbranched alkanes of at least 4 members (excludes halogenated alkanes) is 7. The summed E-state index contributed by atoms with van der Waals surface area (Å²) in [6.07, 6.45) is 16.3. The summed E-state index contributed by atoms with van der Waals surface area (Å²) in [4.78, 5) is 11.8. The van der Waals surface area contributed by atoms with E-state index in [-0.39, 0.29) is 5.60 Å². The van der Waals surface area contributed by atoms with Crippen molar-refractivity contribution < 1.29 is 14.6 Å². The van der Waals surface area contributed by atoms with Gasteiger partial charge in [-0.2, -0.15) is 0 Å². The number of carboxylic acid groups (broad SMARTS) is 1. The van der Waals surface area contributed by atoms with Crippen LogP contribution in [0.1, 0.15) is 90.0 Å². The standard InChI is InChI=1S/C26H38O3/c1-3-5-7-8-9-14-20-29-26(18-13-6-4-2)19-17-23(25(27)28)24(21-26)22-15-11-10-12-16-22/h10-12,15-17,19H,3-9,13-14,18,20-21H2,1-2H3,(H,27,28). The van der Waals surface area contributed by atoms with E-state index in [1.165, 1.54) is 44.9 Å². The Morgan fingerprint density at radius 1 is 0.966 bits per heavy atom. The highest BCUT2D eigenvalue weighted by Gasteiger charge is 2.34. The molecular weight excluding hydrogens is 360 g/mol. The molecule has 0 radical (unpaired) electrons. The van der Waals surface area contributed by atoms with Gasteiger partial charge in [0.05, 0.1) is 11.2 Å². The predicted molar refractivity (Wildman–Crippen MR) is 121 cm³/mol. The van der Waals surface area contributed by atoms with Gasteiger partial charge in [-0.05, 0) is 30.1 Å². The number of aliphatic carboxylic acids is 1. The van der Waals surface area contributed by atoms with E-state index in [0.717, 1.165) is 37.0 Å². The van der Waals surface area contributed by atoms with Gasteiger partial charge < -0.3 is 9.84 Å². The van der Waals surface area contributed by atoms with E-state index < -0.39 is 5.97 Å². The Hall–Kier alpha value is -1.87. The minimum Gasteiger partial charge on any atom is -0.478 e. The van der Waals surface area contributed by atoms with Gasteiger partial charge in [0.25, 0.3) is 0 Å². The van der Waals surface area contributed by atoms with Crippen LogP contribution in [0.4, 0.5) is 0 Å². The van der Waals surface area contributed by atoms with Crippen LogP contribution < -0.4 is 0 Å². The summed E-state index contributed by atoms with van der Waals surface area (Å²) in [5, 5.41) is 9.72. The van der Waals surface area contributed by atoms with Crippen LogP contribution in [0.5, 0.6) is 0 Å². The van der Waals surface area contributed by atoms with E-state index in [9.17, 15) is 9.90 Å². The van der Waals surface area contributed by atoms with Gasteiger partial charge in [-0.15, -0.1) is 0 Å². The summed E-state index contributed by atoms with van der Waals surface area (Å²) >= 11 is 0. The number of rotatable bonds is 14. The van der Waals surface area contributed by atoms with Crippen LogP contribution in [-0.4, -0.2) is 23.3 Å². The molecule has 0 fully saturated rings. The van der Waals surface area contributed by atoms with E-state index >= 15 is 0 Å². The summed E-state index contributed by atoms with van der Waals surface area (Å²) in [7, 11) is 0. The van der Waals surface area contributed by atoms with Crippen molar-refractivity contribution in [3.05, 3.63) is 53.6 Å². The molecule has 3 nitrogen and oxygen atoms in total. The molecule has 160 valence electrons. The summed E-state index contributed by atoms with van der Waals surface area (Å²) in [5.74, 6) is -0.863. The van der Waals surface area contributed by atoms with Crippen LogP contribution in [0.3, 0.4) is 0 Å². The van der Waals surface area contributed by atoms with Crippen LogP contribution in [0.15, 0.2) is 48.1 Å². The molecule has 3 heteroatoms. The average Bonchev–Trinajstić information content (AvgIpc) is 2.74. The van der Waals surface area contributed by atoms with Crippen LogP contribution in [0, 0.1) is 0 Å². The van der Waals surface area contributed by atoms with Crippen molar-refractivity contribution >= 4 is 11.5 Å². The topological polar surface area (TPSA) is 46.5 Å². The third-order valence-electron chi connectivity index (χ3n) is 5.80. The molecule has 0 saturated heterocycles. The summed E-state index contributed by atoms with van der Waals surface area (Å²) < 4.78 is 6.49. The second kappa shape index (κ2) is 12.6. The van der Waals surface area contributed by atoms with Crippen molar-refractivity contribution in [2.24, 2.45) is 0 Å². The molecule has 0 saturated carbocycles. The third-order valence-corrected chi connectivity index (χ3v) is 5.80. The molecule has 1 unspecified atom stereocenters. The Bertz CT molecular complexity index is 674. The van der Waals surface area contributed by atoms with Crippen LogP contribution in [-0.2, 0) is 9.53 Å². The predicted octanol–water partition coefficient (Wildman–Crippen LogP) is 7.18. The summed E-state index contributed by atoms with van der Waals surface area (Å²) in [6, 6.07) is 9.91. The van der Waals surface area contributed by atoms with Crippen molar-refractivity contribution in [3.8, 4) is 0 Å². The first-order valence-corrected chi connectivity index (χ1v) is 11.5. The smallest absolute Gasteiger partial charge is 0.335 e. The Balaban J connectivity index is 2.10. The van der Waals surface area contributed by atoms with Crippen molar-refractivity contribution in [1.82, 2.24) is 0 Å². The lowest BCUT2D eigenvalue weighted by atomic mass is 9.79. The maximum Gasteiger partial charge on any atom is 0.335 e. The number of ether oxygens (including phenoxy) is 1. The minimum atomic E-state index is -0.863. The van der Waals surface area contributed by atoms with Gasteiger partial charge >= 0.3 is 5.97 Å². The van der Waals surface area contributed by atoms with E-state index in [0.29, 0.717) is 12.0 Å². The normalized spacial score (nSPS) is 19.0. The lowest BCUT2D eigenvalue weighted by Gasteiger charge is -2.35. The monoisotopic (exact) mass is 398 g/mol. The highest BCUT2D eigenvalue weighted by molar-refractivity contribution is 6.00. The second-order valence-corrected chi connectivity index (χ2v) is 8.21. The number of carbonyl (C=O) groups is 1. The van der Waals surface area contributed by atoms with Crippen LogP contribution >= 0.6 is 0 Å². The highest BCUT2D eigenvalue weighted by atomic mass is 16.5. The van der Waals surface area contributed by atoms with Crippen LogP contribution in [0.25, 0.3) is 5.57 Å². The van der Waals surface area contributed by atoms with Gasteiger partial charge in [0, 0.05) is 13.0 Å². The van der Waals surface area contributed by atoms with Crippen molar-refractivity contribution in [2.75, 3.05) is 6.61 Å². The molecule has 1 aliphatic carbocycles. The van der Waals surface area contributed by atoms with Gasteiger partial charge in [0.15, 0.2) is 0 Å². The number of benzene rings is 1. The highest BCUT2D eigenvalue weighted by Crippen LogP contribution is 2.39. The van der Waals surface area contributed by atoms with Crippen LogP contribution in [0.2, 0.25) is 0 Å². The van der Waals surface area contributed by atoms with Crippen molar-refractivity contribution in [1.29, 1.82) is 0 Å². The number of carboxylic acids is 1. The Morgan fingerprint density at radius 2 is 1.62 bits per heavy atom. The number of hydrogen-bond donors (Lipinski definition) is 1. The Labute approximate surface area is 176 Å². The zero-order chi connectivity index (χ0) is 21.0. The van der Waals surface area contributed by atoms with Gasteiger partial charge in [0.2, 0.25) is 0 Å². The summed E-state index contributed by atoms with van der Waals surface area (Å²) in [5.41, 5.74) is 1.88. The molecule has 0 aromatic heterocycles. The fourth-order valence-electron chi connectivity index (χ4n) is 4.06. The Morgan fingerprint density at radius 3 is 2.31 bits per heavy atom. The van der Waals surface area contributed by atoms with Gasteiger partial charge in [0.1, 0.15) is 0 Å². The molecule has 1 atom stereocenters. The largest absolute Gasteiger partial charge is 0.478 e. The quantitative estimate of drug-likeness (QED) is 0.338. The first kappa shape index (κ1) is 23.4. The first-order chi connectivity index (χ1) is 14.1. The average molecular weight is 399 g/mol. The van der Waals surface area contributed by atoms with Gasteiger partial charge in [-0.25, -0.2) is 4.79 Å². The molecule has 2 rings (SSSR count). The molecular formula is C26H38O3. The van der Waals surface area contributed by atoms with E-state index in [1.807, 2.05) is 36.4 Å².